The number of methoxy groups -OCH3 is 1. The molecule has 1 aliphatic heterocycles. The average molecular weight is 272 g/mol. The Hall–Kier alpha value is -1.63. The lowest BCUT2D eigenvalue weighted by Crippen LogP contribution is -2.43. The van der Waals surface area contributed by atoms with Gasteiger partial charge in [0, 0.05) is 26.7 Å². The van der Waals surface area contributed by atoms with Gasteiger partial charge in [0.15, 0.2) is 0 Å². The first-order valence-electron chi connectivity index (χ1n) is 6.25. The van der Waals surface area contributed by atoms with E-state index in [-0.39, 0.29) is 12.5 Å². The Labute approximate surface area is 112 Å². The van der Waals surface area contributed by atoms with Crippen molar-refractivity contribution >= 4 is 17.8 Å². The quantitative estimate of drug-likeness (QED) is 0.676. The highest BCUT2D eigenvalue weighted by atomic mass is 16.5. The Kier molecular flexibility index (Phi) is 5.75. The normalized spacial score (nSPS) is 18.1. The van der Waals surface area contributed by atoms with Crippen LogP contribution >= 0.6 is 0 Å². The second-order valence-corrected chi connectivity index (χ2v) is 4.55. The molecule has 0 aromatic rings. The van der Waals surface area contributed by atoms with Crippen LogP contribution in [0.1, 0.15) is 13.3 Å². The van der Waals surface area contributed by atoms with Gasteiger partial charge in [0.05, 0.1) is 13.2 Å². The lowest BCUT2D eigenvalue weighted by atomic mass is 10.1. The third-order valence-electron chi connectivity index (χ3n) is 3.15. The molecule has 1 rings (SSSR count). The van der Waals surface area contributed by atoms with Crippen LogP contribution in [0.5, 0.6) is 0 Å². The number of hydrogen-bond donors (Lipinski definition) is 1. The maximum Gasteiger partial charge on any atom is 0.315 e. The molecule has 0 bridgehead atoms. The number of carbonyl (C=O) groups is 3. The van der Waals surface area contributed by atoms with E-state index < -0.39 is 17.8 Å². The van der Waals surface area contributed by atoms with Crippen molar-refractivity contribution in [2.24, 2.45) is 5.92 Å². The minimum absolute atomic E-state index is 0.0554. The molecule has 2 amide bonds. The van der Waals surface area contributed by atoms with E-state index in [0.717, 1.165) is 0 Å². The van der Waals surface area contributed by atoms with Crippen molar-refractivity contribution in [3.63, 3.8) is 0 Å². The van der Waals surface area contributed by atoms with Gasteiger partial charge in [-0.2, -0.15) is 0 Å². The molecule has 1 N–H and O–H groups in total. The Morgan fingerprint density at radius 1 is 1.42 bits per heavy atom. The standard InChI is InChI=1S/C12H20N2O5/c1-9(12(17)18)11(16)14-5-3-4-13(6-7-19-2)10(15)8-14/h9H,3-8H2,1-2H3,(H,17,18). The van der Waals surface area contributed by atoms with Gasteiger partial charge in [0.2, 0.25) is 11.8 Å². The molecule has 0 aromatic carbocycles. The number of carbonyl (C=O) groups excluding carboxylic acids is 2. The molecule has 1 heterocycles. The van der Waals surface area contributed by atoms with E-state index in [9.17, 15) is 14.4 Å². The summed E-state index contributed by atoms with van der Waals surface area (Å²) in [6, 6.07) is 0. The van der Waals surface area contributed by atoms with Crippen LogP contribution in [0.4, 0.5) is 0 Å². The van der Waals surface area contributed by atoms with Crippen LogP contribution in [-0.2, 0) is 19.1 Å². The minimum Gasteiger partial charge on any atom is -0.481 e. The Morgan fingerprint density at radius 2 is 2.11 bits per heavy atom. The zero-order valence-corrected chi connectivity index (χ0v) is 11.3. The highest BCUT2D eigenvalue weighted by Crippen LogP contribution is 2.09. The van der Waals surface area contributed by atoms with Crippen molar-refractivity contribution in [3.05, 3.63) is 0 Å². The predicted molar refractivity (Wildman–Crippen MR) is 66.5 cm³/mol. The Bertz CT molecular complexity index is 358. The minimum atomic E-state index is -1.17. The molecule has 0 saturated carbocycles. The first kappa shape index (κ1) is 15.4. The molecular formula is C12H20N2O5. The molecule has 1 saturated heterocycles. The second-order valence-electron chi connectivity index (χ2n) is 4.55. The number of nitrogens with zero attached hydrogens (tertiary/aromatic N) is 2. The van der Waals surface area contributed by atoms with Gasteiger partial charge in [0.1, 0.15) is 5.92 Å². The van der Waals surface area contributed by atoms with Gasteiger partial charge in [-0.25, -0.2) is 0 Å². The highest BCUT2D eigenvalue weighted by molar-refractivity contribution is 5.98. The summed E-state index contributed by atoms with van der Waals surface area (Å²) in [6.07, 6.45) is 0.646. The molecule has 0 spiro atoms. The molecule has 1 unspecified atom stereocenters. The van der Waals surface area contributed by atoms with Crippen molar-refractivity contribution < 1.29 is 24.2 Å². The maximum atomic E-state index is 12.0. The summed E-state index contributed by atoms with van der Waals surface area (Å²) in [4.78, 5) is 37.6. The summed E-state index contributed by atoms with van der Waals surface area (Å²) in [7, 11) is 1.56. The summed E-state index contributed by atoms with van der Waals surface area (Å²) in [5.74, 6) is -2.95. The summed E-state index contributed by atoms with van der Waals surface area (Å²) in [5, 5.41) is 8.83. The van der Waals surface area contributed by atoms with E-state index in [0.29, 0.717) is 32.7 Å². The number of carboxylic acid groups (broad SMARTS) is 1. The van der Waals surface area contributed by atoms with E-state index in [1.54, 1.807) is 12.0 Å². The zero-order valence-electron chi connectivity index (χ0n) is 11.3. The van der Waals surface area contributed by atoms with Crippen LogP contribution in [0.15, 0.2) is 0 Å². The molecule has 7 heteroatoms. The molecule has 7 nitrogen and oxygen atoms in total. The zero-order chi connectivity index (χ0) is 14.4. The van der Waals surface area contributed by atoms with Crippen LogP contribution in [0, 0.1) is 5.92 Å². The molecule has 108 valence electrons. The van der Waals surface area contributed by atoms with Gasteiger partial charge in [-0.05, 0) is 13.3 Å². The van der Waals surface area contributed by atoms with Crippen molar-refractivity contribution in [1.82, 2.24) is 9.80 Å². The molecule has 1 fully saturated rings. The van der Waals surface area contributed by atoms with Crippen molar-refractivity contribution in [1.29, 1.82) is 0 Å². The smallest absolute Gasteiger partial charge is 0.315 e. The fourth-order valence-corrected chi connectivity index (χ4v) is 1.93. The summed E-state index contributed by atoms with van der Waals surface area (Å²) < 4.78 is 4.93. The van der Waals surface area contributed by atoms with Gasteiger partial charge in [-0.15, -0.1) is 0 Å². The van der Waals surface area contributed by atoms with Crippen molar-refractivity contribution in [3.8, 4) is 0 Å². The van der Waals surface area contributed by atoms with Gasteiger partial charge in [0.25, 0.3) is 0 Å². The number of amides is 2. The summed E-state index contributed by atoms with van der Waals surface area (Å²) in [5.41, 5.74) is 0. The third kappa shape index (κ3) is 4.20. The van der Waals surface area contributed by atoms with Crippen LogP contribution in [0.25, 0.3) is 0 Å². The van der Waals surface area contributed by atoms with Crippen LogP contribution in [0.3, 0.4) is 0 Å². The van der Waals surface area contributed by atoms with E-state index in [2.05, 4.69) is 0 Å². The third-order valence-corrected chi connectivity index (χ3v) is 3.15. The van der Waals surface area contributed by atoms with Crippen LogP contribution < -0.4 is 0 Å². The van der Waals surface area contributed by atoms with E-state index in [1.165, 1.54) is 11.8 Å². The number of rotatable bonds is 5. The van der Waals surface area contributed by atoms with Crippen LogP contribution in [0.2, 0.25) is 0 Å². The first-order valence-corrected chi connectivity index (χ1v) is 6.25. The average Bonchev–Trinajstić information content (AvgIpc) is 2.56. The molecule has 19 heavy (non-hydrogen) atoms. The van der Waals surface area contributed by atoms with Crippen molar-refractivity contribution in [2.75, 3.05) is 39.9 Å². The predicted octanol–water partition coefficient (Wildman–Crippen LogP) is -0.586. The second kappa shape index (κ2) is 7.08. The molecule has 0 aromatic heterocycles. The van der Waals surface area contributed by atoms with Crippen LogP contribution in [-0.4, -0.2) is 72.6 Å². The largest absolute Gasteiger partial charge is 0.481 e. The van der Waals surface area contributed by atoms with E-state index >= 15 is 0 Å². The lowest BCUT2D eigenvalue weighted by molar-refractivity contribution is -0.151. The molecule has 1 atom stereocenters. The van der Waals surface area contributed by atoms with Gasteiger partial charge < -0.3 is 19.6 Å². The van der Waals surface area contributed by atoms with Gasteiger partial charge in [-0.1, -0.05) is 0 Å². The molecular weight excluding hydrogens is 252 g/mol. The summed E-state index contributed by atoms with van der Waals surface area (Å²) in [6.45, 7) is 3.19. The van der Waals surface area contributed by atoms with Gasteiger partial charge >= 0.3 is 5.97 Å². The summed E-state index contributed by atoms with van der Waals surface area (Å²) >= 11 is 0. The monoisotopic (exact) mass is 272 g/mol. The number of ether oxygens (including phenoxy) is 1. The molecule has 0 radical (unpaired) electrons. The topological polar surface area (TPSA) is 87.2 Å². The lowest BCUT2D eigenvalue weighted by Gasteiger charge is -2.22. The molecule has 1 aliphatic rings. The SMILES string of the molecule is COCCN1CCCN(C(=O)C(C)C(=O)O)CC1=O. The fourth-order valence-electron chi connectivity index (χ4n) is 1.93. The highest BCUT2D eigenvalue weighted by Gasteiger charge is 2.30. The molecule has 0 aliphatic carbocycles. The Balaban J connectivity index is 2.63. The Morgan fingerprint density at radius 3 is 2.68 bits per heavy atom. The maximum absolute atomic E-state index is 12.0. The number of aliphatic carboxylic acids is 1. The van der Waals surface area contributed by atoms with Crippen molar-refractivity contribution in [2.45, 2.75) is 13.3 Å². The van der Waals surface area contributed by atoms with Gasteiger partial charge in [-0.3, -0.25) is 14.4 Å². The number of carboxylic acids is 1. The fraction of sp³-hybridized carbons (Fsp3) is 0.750. The van der Waals surface area contributed by atoms with E-state index in [1.807, 2.05) is 0 Å². The van der Waals surface area contributed by atoms with E-state index in [4.69, 9.17) is 9.84 Å². The number of hydrogen-bond acceptors (Lipinski definition) is 4. The first-order chi connectivity index (χ1) is 8.97.